The number of nitrogens with one attached hydrogen (secondary N) is 1. The molecule has 0 aliphatic carbocycles. The van der Waals surface area contributed by atoms with E-state index >= 15 is 0 Å². The quantitative estimate of drug-likeness (QED) is 0.468. The van der Waals surface area contributed by atoms with Crippen LogP contribution in [0.25, 0.3) is 5.65 Å². The van der Waals surface area contributed by atoms with Crippen molar-refractivity contribution in [3.63, 3.8) is 0 Å². The molecule has 146 valence electrons. The summed E-state index contributed by atoms with van der Waals surface area (Å²) >= 11 is 12.1. The van der Waals surface area contributed by atoms with E-state index in [0.29, 0.717) is 32.9 Å². The van der Waals surface area contributed by atoms with Crippen molar-refractivity contribution < 1.29 is 9.53 Å². The number of hydrogen-bond donors (Lipinski definition) is 1. The van der Waals surface area contributed by atoms with E-state index in [0.717, 1.165) is 5.65 Å². The van der Waals surface area contributed by atoms with Gasteiger partial charge in [0.2, 0.25) is 0 Å². The molecule has 0 spiro atoms. The molecule has 0 radical (unpaired) electrons. The zero-order chi connectivity index (χ0) is 20.4. The number of carbonyl (C=O) groups excluding carboxylic acids is 1. The summed E-state index contributed by atoms with van der Waals surface area (Å²) in [5.41, 5.74) is 1.22. The lowest BCUT2D eigenvalue weighted by molar-refractivity contribution is 0.0938. The average Bonchev–Trinajstić information content (AvgIpc) is 3.16. The maximum atomic E-state index is 12.6. The zero-order valence-corrected chi connectivity index (χ0v) is 16.9. The number of ether oxygens (including phenoxy) is 1. The Labute approximate surface area is 177 Å². The predicted octanol–water partition coefficient (Wildman–Crippen LogP) is 5.32. The van der Waals surface area contributed by atoms with Crippen LogP contribution in [0.1, 0.15) is 29.1 Å². The molecule has 0 saturated heterocycles. The van der Waals surface area contributed by atoms with Gasteiger partial charge >= 0.3 is 0 Å². The van der Waals surface area contributed by atoms with Crippen molar-refractivity contribution in [2.75, 3.05) is 0 Å². The van der Waals surface area contributed by atoms with Crippen LogP contribution in [-0.4, -0.2) is 20.5 Å². The lowest BCUT2D eigenvalue weighted by Gasteiger charge is -2.13. The highest BCUT2D eigenvalue weighted by Gasteiger charge is 2.17. The largest absolute Gasteiger partial charge is 0.456 e. The number of aromatic nitrogens is 3. The van der Waals surface area contributed by atoms with E-state index in [1.165, 1.54) is 0 Å². The predicted molar refractivity (Wildman–Crippen MR) is 112 cm³/mol. The summed E-state index contributed by atoms with van der Waals surface area (Å²) in [6, 6.07) is 17.2. The van der Waals surface area contributed by atoms with E-state index in [9.17, 15) is 4.79 Å². The van der Waals surface area contributed by atoms with Crippen molar-refractivity contribution in [2.24, 2.45) is 0 Å². The zero-order valence-electron chi connectivity index (χ0n) is 15.3. The Morgan fingerprint density at radius 2 is 1.83 bits per heavy atom. The Balaban J connectivity index is 1.46. The molecule has 0 aliphatic rings. The van der Waals surface area contributed by atoms with Gasteiger partial charge in [-0.15, -0.1) is 10.2 Å². The van der Waals surface area contributed by atoms with Crippen LogP contribution in [0.4, 0.5) is 0 Å². The van der Waals surface area contributed by atoms with Crippen molar-refractivity contribution in [1.29, 1.82) is 0 Å². The van der Waals surface area contributed by atoms with E-state index in [2.05, 4.69) is 15.5 Å². The number of pyridine rings is 1. The summed E-state index contributed by atoms with van der Waals surface area (Å²) in [5, 5.41) is 12.0. The van der Waals surface area contributed by atoms with Crippen molar-refractivity contribution in [3.8, 4) is 11.5 Å². The summed E-state index contributed by atoms with van der Waals surface area (Å²) in [6.45, 7) is 1.86. The second kappa shape index (κ2) is 8.11. The van der Waals surface area contributed by atoms with E-state index < -0.39 is 0 Å². The molecule has 1 amide bonds. The Morgan fingerprint density at radius 1 is 1.03 bits per heavy atom. The standard InChI is InChI=1S/C21H16Cl2N4O2/c1-13(20-26-25-18-7-2-3-12-27(18)20)24-21(28)14-8-10-15(11-9-14)29-17-6-4-5-16(22)19(17)23/h2-13H,1H3,(H,24,28)/t13-/m0/s1. The molecule has 0 aliphatic heterocycles. The lowest BCUT2D eigenvalue weighted by Crippen LogP contribution is -2.27. The highest BCUT2D eigenvalue weighted by Crippen LogP contribution is 2.34. The first-order valence-corrected chi connectivity index (χ1v) is 9.61. The van der Waals surface area contributed by atoms with E-state index in [1.807, 2.05) is 35.7 Å². The second-order valence-electron chi connectivity index (χ2n) is 6.36. The molecule has 6 nitrogen and oxygen atoms in total. The highest BCUT2D eigenvalue weighted by molar-refractivity contribution is 6.42. The maximum absolute atomic E-state index is 12.6. The van der Waals surface area contributed by atoms with Crippen molar-refractivity contribution in [1.82, 2.24) is 19.9 Å². The van der Waals surface area contributed by atoms with Gasteiger partial charge in [-0.2, -0.15) is 0 Å². The number of nitrogens with zero attached hydrogens (tertiary/aromatic N) is 3. The number of carbonyl (C=O) groups is 1. The molecule has 8 heteroatoms. The molecular weight excluding hydrogens is 411 g/mol. The maximum Gasteiger partial charge on any atom is 0.251 e. The normalized spacial score (nSPS) is 12.0. The van der Waals surface area contributed by atoms with Gasteiger partial charge in [0.25, 0.3) is 5.91 Å². The van der Waals surface area contributed by atoms with Crippen LogP contribution in [-0.2, 0) is 0 Å². The summed E-state index contributed by atoms with van der Waals surface area (Å²) in [7, 11) is 0. The van der Waals surface area contributed by atoms with Gasteiger partial charge in [-0.05, 0) is 55.5 Å². The molecule has 4 aromatic rings. The highest BCUT2D eigenvalue weighted by atomic mass is 35.5. The molecule has 0 bridgehead atoms. The SMILES string of the molecule is C[C@H](NC(=O)c1ccc(Oc2cccc(Cl)c2Cl)cc1)c1nnc2ccccn12. The topological polar surface area (TPSA) is 68.5 Å². The molecule has 2 aromatic heterocycles. The first-order chi connectivity index (χ1) is 14.0. The minimum atomic E-state index is -0.318. The van der Waals surface area contributed by atoms with Gasteiger partial charge in [-0.25, -0.2) is 0 Å². The third-order valence-electron chi connectivity index (χ3n) is 4.34. The molecule has 1 N–H and O–H groups in total. The van der Waals surface area contributed by atoms with Gasteiger partial charge in [0, 0.05) is 11.8 Å². The summed E-state index contributed by atoms with van der Waals surface area (Å²) in [5.74, 6) is 1.42. The monoisotopic (exact) mass is 426 g/mol. The fourth-order valence-corrected chi connectivity index (χ4v) is 3.19. The first-order valence-electron chi connectivity index (χ1n) is 8.85. The van der Waals surface area contributed by atoms with Crippen LogP contribution in [0.15, 0.2) is 66.9 Å². The minimum Gasteiger partial charge on any atom is -0.456 e. The van der Waals surface area contributed by atoms with Crippen LogP contribution < -0.4 is 10.1 Å². The fourth-order valence-electron chi connectivity index (χ4n) is 2.86. The molecule has 2 aromatic carbocycles. The number of amides is 1. The number of halogens is 2. The molecule has 0 saturated carbocycles. The van der Waals surface area contributed by atoms with Crippen molar-refractivity contribution in [2.45, 2.75) is 13.0 Å². The Bertz CT molecular complexity index is 1170. The van der Waals surface area contributed by atoms with Crippen molar-refractivity contribution in [3.05, 3.63) is 88.3 Å². The third-order valence-corrected chi connectivity index (χ3v) is 5.14. The van der Waals surface area contributed by atoms with Crippen LogP contribution in [0.3, 0.4) is 0 Å². The lowest BCUT2D eigenvalue weighted by atomic mass is 10.2. The molecule has 0 unspecified atom stereocenters. The van der Waals surface area contributed by atoms with Crippen LogP contribution in [0, 0.1) is 0 Å². The van der Waals surface area contributed by atoms with Crippen LogP contribution in [0.5, 0.6) is 11.5 Å². The molecular formula is C21H16Cl2N4O2. The number of hydrogen-bond acceptors (Lipinski definition) is 4. The second-order valence-corrected chi connectivity index (χ2v) is 7.15. The Kier molecular flexibility index (Phi) is 5.38. The van der Waals surface area contributed by atoms with Gasteiger partial charge in [-0.3, -0.25) is 9.20 Å². The minimum absolute atomic E-state index is 0.225. The smallest absolute Gasteiger partial charge is 0.251 e. The molecule has 4 rings (SSSR count). The molecule has 2 heterocycles. The van der Waals surface area contributed by atoms with Gasteiger partial charge < -0.3 is 10.1 Å². The average molecular weight is 427 g/mol. The van der Waals surface area contributed by atoms with Crippen LogP contribution >= 0.6 is 23.2 Å². The molecule has 29 heavy (non-hydrogen) atoms. The van der Waals surface area contributed by atoms with Crippen molar-refractivity contribution >= 4 is 34.8 Å². The molecule has 1 atom stereocenters. The van der Waals surface area contributed by atoms with Gasteiger partial charge in [0.15, 0.2) is 11.5 Å². The fraction of sp³-hybridized carbons (Fsp3) is 0.0952. The first kappa shape index (κ1) is 19.2. The summed E-state index contributed by atoms with van der Waals surface area (Å²) in [6.07, 6.45) is 1.86. The van der Waals surface area contributed by atoms with E-state index in [1.54, 1.807) is 42.5 Å². The van der Waals surface area contributed by atoms with E-state index in [-0.39, 0.29) is 11.9 Å². The van der Waals surface area contributed by atoms with Gasteiger partial charge in [0.1, 0.15) is 16.5 Å². The Hall–Kier alpha value is -3.09. The number of benzene rings is 2. The third kappa shape index (κ3) is 4.04. The molecule has 0 fully saturated rings. The number of fused-ring (bicyclic) bond motifs is 1. The summed E-state index contributed by atoms with van der Waals surface area (Å²) in [4.78, 5) is 12.6. The Morgan fingerprint density at radius 3 is 2.62 bits per heavy atom. The number of rotatable bonds is 5. The van der Waals surface area contributed by atoms with Gasteiger partial charge in [0.05, 0.1) is 11.1 Å². The van der Waals surface area contributed by atoms with Crippen LogP contribution in [0.2, 0.25) is 10.0 Å². The van der Waals surface area contributed by atoms with E-state index in [4.69, 9.17) is 27.9 Å². The van der Waals surface area contributed by atoms with Gasteiger partial charge in [-0.1, -0.05) is 35.3 Å². The summed E-state index contributed by atoms with van der Waals surface area (Å²) < 4.78 is 7.59.